The highest BCUT2D eigenvalue weighted by atomic mass is 35.5. The van der Waals surface area contributed by atoms with Crippen molar-refractivity contribution in [2.45, 2.75) is 25.0 Å². The highest BCUT2D eigenvalue weighted by molar-refractivity contribution is 7.93. The highest BCUT2D eigenvalue weighted by Crippen LogP contribution is 2.36. The number of fused-ring (bicyclic) bond motifs is 1. The molecule has 152 valence electrons. The number of rotatable bonds is 6. The Balaban J connectivity index is 1.75. The first kappa shape index (κ1) is 11.0. The number of halogens is 1. The molecule has 3 heterocycles. The molecule has 3 aromatic rings. The van der Waals surface area contributed by atoms with Gasteiger partial charge in [0.2, 0.25) is 6.77 Å². The van der Waals surface area contributed by atoms with Gasteiger partial charge in [-0.1, -0.05) is 16.8 Å². The van der Waals surface area contributed by atoms with Crippen molar-refractivity contribution in [2.24, 2.45) is 0 Å². The molecular formula is C18H15ClN2O6S2. The van der Waals surface area contributed by atoms with Crippen LogP contribution in [0.3, 0.4) is 0 Å². The van der Waals surface area contributed by atoms with Crippen LogP contribution in [0.1, 0.15) is 38.8 Å². The fourth-order valence-corrected chi connectivity index (χ4v) is 4.82. The van der Waals surface area contributed by atoms with E-state index in [0.717, 1.165) is 6.07 Å². The number of carbonyl (C=O) groups excluding carboxylic acids is 1. The summed E-state index contributed by atoms with van der Waals surface area (Å²) in [7, 11) is -4.92. The van der Waals surface area contributed by atoms with Crippen molar-refractivity contribution in [2.75, 3.05) is 11.5 Å². The molecule has 0 spiro atoms. The molecule has 0 fully saturated rings. The number of Topliss-reactive ketones (excluding diaryl/α,β-unsaturated/α-hetero) is 1. The highest BCUT2D eigenvalue weighted by Gasteiger charge is 2.27. The Kier molecular flexibility index (Phi) is 2.79. The van der Waals surface area contributed by atoms with E-state index in [2.05, 4.69) is 9.68 Å². The second kappa shape index (κ2) is 7.36. The summed E-state index contributed by atoms with van der Waals surface area (Å²) in [5.74, 6) is -2.77. The Morgan fingerprint density at radius 1 is 1.45 bits per heavy atom. The lowest BCUT2D eigenvalue weighted by atomic mass is 10.0. The van der Waals surface area contributed by atoms with Crippen LogP contribution in [0.15, 0.2) is 32.9 Å². The zero-order valence-electron chi connectivity index (χ0n) is 24.0. The van der Waals surface area contributed by atoms with Crippen molar-refractivity contribution in [1.82, 2.24) is 5.16 Å². The van der Waals surface area contributed by atoms with Crippen molar-refractivity contribution >= 4 is 44.6 Å². The van der Waals surface area contributed by atoms with Crippen LogP contribution in [0, 0.1) is 13.7 Å². The number of ketones is 1. The summed E-state index contributed by atoms with van der Waals surface area (Å²) in [5, 5.41) is 3.66. The molecule has 29 heavy (non-hydrogen) atoms. The normalized spacial score (nSPS) is 21.3. The number of carbonyl (C=O) groups is 1. The predicted molar refractivity (Wildman–Crippen MR) is 107 cm³/mol. The molecule has 0 bridgehead atoms. The predicted octanol–water partition coefficient (Wildman–Crippen LogP) is 3.96. The second-order valence-electron chi connectivity index (χ2n) is 5.52. The van der Waals surface area contributed by atoms with Crippen LogP contribution in [0.2, 0.25) is 6.43 Å². The van der Waals surface area contributed by atoms with Gasteiger partial charge in [0.1, 0.15) is 17.0 Å². The molecule has 1 aliphatic heterocycles. The summed E-state index contributed by atoms with van der Waals surface area (Å²) in [5.41, 5.74) is -1.94. The van der Waals surface area contributed by atoms with E-state index in [1.54, 1.807) is 0 Å². The van der Waals surface area contributed by atoms with Gasteiger partial charge in [-0.15, -0.1) is 11.3 Å². The molecule has 1 N–H and O–H groups in total. The minimum atomic E-state index is -4.92. The quantitative estimate of drug-likeness (QED) is 0.550. The third-order valence-corrected chi connectivity index (χ3v) is 6.39. The van der Waals surface area contributed by atoms with E-state index < -0.39 is 104 Å². The lowest BCUT2D eigenvalue weighted by Gasteiger charge is -2.09. The van der Waals surface area contributed by atoms with Crippen molar-refractivity contribution in [3.63, 3.8) is 0 Å². The number of nitrogens with one attached hydrogen (secondary N) is 1. The fourth-order valence-electron chi connectivity index (χ4n) is 2.35. The summed E-state index contributed by atoms with van der Waals surface area (Å²) in [6.07, 6.45) is -0.856. The van der Waals surface area contributed by atoms with Crippen LogP contribution in [-0.4, -0.2) is 26.1 Å². The molecule has 1 aliphatic rings. The largest absolute Gasteiger partial charge is 0.454 e. The number of ether oxygens (including phenoxy) is 2. The zero-order chi connectivity index (χ0) is 29.2. The van der Waals surface area contributed by atoms with Gasteiger partial charge in [-0.05, 0) is 48.4 Å². The second-order valence-corrected chi connectivity index (χ2v) is 8.39. The summed E-state index contributed by atoms with van der Waals surface area (Å²) >= 11 is 6.53. The van der Waals surface area contributed by atoms with Crippen molar-refractivity contribution in [1.29, 1.82) is 0 Å². The Hall–Kier alpha value is -2.56. The van der Waals surface area contributed by atoms with Crippen LogP contribution >= 0.6 is 22.9 Å². The average molecular weight is 465 g/mol. The van der Waals surface area contributed by atoms with Gasteiger partial charge in [0.25, 0.3) is 15.9 Å². The number of thiophene rings is 1. The molecule has 11 heteroatoms. The summed E-state index contributed by atoms with van der Waals surface area (Å²) in [6.45, 7) is -7.52. The van der Waals surface area contributed by atoms with Crippen molar-refractivity contribution < 1.29 is 41.0 Å². The Morgan fingerprint density at radius 2 is 2.24 bits per heavy atom. The molecule has 1 atom stereocenters. The number of aromatic nitrogens is 1. The maximum Gasteiger partial charge on any atom is 0.265 e. The van der Waals surface area contributed by atoms with Crippen LogP contribution < -0.4 is 14.2 Å². The summed E-state index contributed by atoms with van der Waals surface area (Å²) in [6, 6.07) is -0.347. The third-order valence-electron chi connectivity index (χ3n) is 3.66. The zero-order valence-corrected chi connectivity index (χ0v) is 16.4. The first-order valence-electron chi connectivity index (χ1n) is 12.6. The molecule has 1 aromatic carbocycles. The first-order valence-corrected chi connectivity index (χ1v) is 10.3. The molecule has 0 saturated carbocycles. The molecule has 4 rings (SSSR count). The Labute approximate surface area is 189 Å². The van der Waals surface area contributed by atoms with Crippen LogP contribution in [-0.2, 0) is 16.4 Å². The van der Waals surface area contributed by atoms with Crippen LogP contribution in [0.25, 0.3) is 0 Å². The van der Waals surface area contributed by atoms with Gasteiger partial charge in [-0.3, -0.25) is 4.79 Å². The molecule has 0 amide bonds. The lowest BCUT2D eigenvalue weighted by Crippen LogP contribution is -2.16. The lowest BCUT2D eigenvalue weighted by molar-refractivity contribution is 0.0994. The summed E-state index contributed by atoms with van der Waals surface area (Å²) < 4.78 is 119. The molecule has 1 unspecified atom stereocenters. The van der Waals surface area contributed by atoms with Gasteiger partial charge < -0.3 is 14.0 Å². The average Bonchev–Trinajstić information content (AvgIpc) is 3.53. The Bertz CT molecular complexity index is 1580. The van der Waals surface area contributed by atoms with E-state index in [4.69, 9.17) is 34.8 Å². The molecule has 8 nitrogen and oxygen atoms in total. The smallest absolute Gasteiger partial charge is 0.265 e. The van der Waals surface area contributed by atoms with Gasteiger partial charge in [0.15, 0.2) is 18.7 Å². The SMILES string of the molecule is [2H]c1c(CC(=O)c2sccc2S(=O)(=O)N([2H])c2onc(C([2H])([2H])[2H])c2Cl)c(C([2H])([2H])[2H])c([2H])c2c1OC([2H])O2. The van der Waals surface area contributed by atoms with Gasteiger partial charge >= 0.3 is 0 Å². The van der Waals surface area contributed by atoms with E-state index >= 15 is 0 Å². The molecule has 0 aliphatic carbocycles. The molecule has 0 radical (unpaired) electrons. The van der Waals surface area contributed by atoms with Gasteiger partial charge in [0.05, 0.1) is 7.62 Å². The molecule has 2 aromatic heterocycles. The number of sulfonamides is 1. The van der Waals surface area contributed by atoms with E-state index in [1.807, 2.05) is 0 Å². The maximum atomic E-state index is 13.3. The van der Waals surface area contributed by atoms with Gasteiger partial charge in [0, 0.05) is 14.6 Å². The van der Waals surface area contributed by atoms with Crippen LogP contribution in [0.5, 0.6) is 11.5 Å². The standard InChI is InChI=1S/C18H15ClN2O6S2/c1-9-5-13-14(26-8-25-13)7-11(9)6-12(22)17-15(3-4-28-17)29(23,24)21-18-16(19)10(2)20-27-18/h3-5,7,21H,6,8H2,1-2H3/i1D3,2D3,5D,7D,8D/hD. The maximum absolute atomic E-state index is 13.3. The first-order chi connectivity index (χ1) is 17.9. The number of hydrogen-bond donors (Lipinski definition) is 1. The fraction of sp³-hybridized carbons (Fsp3) is 0.222. The monoisotopic (exact) mass is 464 g/mol. The minimum absolute atomic E-state index is 0.239. The number of hydrogen-bond acceptors (Lipinski definition) is 8. The number of nitrogens with zero attached hydrogens (tertiary/aromatic N) is 1. The van der Waals surface area contributed by atoms with Crippen molar-refractivity contribution in [3.05, 3.63) is 50.3 Å². The number of aryl methyl sites for hydroxylation is 1. The van der Waals surface area contributed by atoms with Gasteiger partial charge in [-0.25, -0.2) is 13.1 Å². The van der Waals surface area contributed by atoms with E-state index in [0.29, 0.717) is 11.3 Å². The topological polar surface area (TPSA) is 108 Å². The molecule has 0 saturated heterocycles. The minimum Gasteiger partial charge on any atom is -0.454 e. The molecular weight excluding hydrogens is 440 g/mol. The number of benzene rings is 1. The van der Waals surface area contributed by atoms with Gasteiger partial charge in [-0.2, -0.15) is 0 Å². The number of anilines is 1. The summed E-state index contributed by atoms with van der Waals surface area (Å²) in [4.78, 5) is 12.1. The Morgan fingerprint density at radius 3 is 2.97 bits per heavy atom. The van der Waals surface area contributed by atoms with Crippen molar-refractivity contribution in [3.8, 4) is 11.5 Å². The van der Waals surface area contributed by atoms with E-state index in [1.165, 1.54) is 5.38 Å². The third kappa shape index (κ3) is 3.70. The van der Waals surface area contributed by atoms with Crippen LogP contribution in [0.4, 0.5) is 5.88 Å². The van der Waals surface area contributed by atoms with E-state index in [9.17, 15) is 13.2 Å². The van der Waals surface area contributed by atoms with E-state index in [-0.39, 0.29) is 4.72 Å².